The molecule has 0 aliphatic rings. The van der Waals surface area contributed by atoms with Crippen molar-refractivity contribution in [3.8, 4) is 5.75 Å². The van der Waals surface area contributed by atoms with Crippen LogP contribution in [0.1, 0.15) is 15.9 Å². The number of aryl methyl sites for hydroxylation is 1. The van der Waals surface area contributed by atoms with E-state index in [2.05, 4.69) is 0 Å². The van der Waals surface area contributed by atoms with Crippen molar-refractivity contribution in [2.24, 2.45) is 0 Å². The van der Waals surface area contributed by atoms with E-state index in [9.17, 15) is 9.90 Å². The number of benzene rings is 2. The Morgan fingerprint density at radius 2 is 1.89 bits per heavy atom. The molecule has 2 aromatic rings. The van der Waals surface area contributed by atoms with Gasteiger partial charge in [-0.2, -0.15) is 0 Å². The van der Waals surface area contributed by atoms with Gasteiger partial charge in [-0.25, -0.2) is 4.79 Å². The fourth-order valence-corrected chi connectivity index (χ4v) is 2.86. The van der Waals surface area contributed by atoms with E-state index in [4.69, 9.17) is 4.74 Å². The molecule has 0 saturated heterocycles. The second-order valence-corrected chi connectivity index (χ2v) is 5.14. The van der Waals surface area contributed by atoms with Crippen molar-refractivity contribution in [1.29, 1.82) is 0 Å². The summed E-state index contributed by atoms with van der Waals surface area (Å²) in [6, 6.07) is 12.9. The van der Waals surface area contributed by atoms with Gasteiger partial charge >= 0.3 is 5.97 Å². The lowest BCUT2D eigenvalue weighted by Crippen LogP contribution is -1.99. The first kappa shape index (κ1) is 13.5. The summed E-state index contributed by atoms with van der Waals surface area (Å²) < 4.78 is 5.28. The van der Waals surface area contributed by atoms with Crippen molar-refractivity contribution in [2.45, 2.75) is 16.7 Å². The predicted octanol–water partition coefficient (Wildman–Crippen LogP) is 3.85. The molecule has 0 unspecified atom stereocenters. The zero-order valence-corrected chi connectivity index (χ0v) is 11.5. The smallest absolute Gasteiger partial charge is 0.336 e. The molecular weight excluding hydrogens is 260 g/mol. The highest BCUT2D eigenvalue weighted by molar-refractivity contribution is 7.99. The number of aromatic carboxylic acids is 1. The summed E-state index contributed by atoms with van der Waals surface area (Å²) in [7, 11) is 1.60. The lowest BCUT2D eigenvalue weighted by atomic mass is 10.1. The molecule has 0 aliphatic carbocycles. The Morgan fingerprint density at radius 1 is 1.16 bits per heavy atom. The number of methoxy groups -OCH3 is 1. The van der Waals surface area contributed by atoms with Crippen LogP contribution in [0.4, 0.5) is 0 Å². The molecule has 0 aromatic heterocycles. The van der Waals surface area contributed by atoms with E-state index in [-0.39, 0.29) is 0 Å². The van der Waals surface area contributed by atoms with Crippen molar-refractivity contribution in [3.63, 3.8) is 0 Å². The van der Waals surface area contributed by atoms with E-state index in [0.717, 1.165) is 21.1 Å². The Kier molecular flexibility index (Phi) is 4.12. The monoisotopic (exact) mass is 274 g/mol. The Labute approximate surface area is 116 Å². The van der Waals surface area contributed by atoms with Crippen LogP contribution in [-0.2, 0) is 0 Å². The number of rotatable bonds is 4. The molecule has 0 saturated carbocycles. The number of hydrogen-bond acceptors (Lipinski definition) is 3. The molecule has 0 fully saturated rings. The van der Waals surface area contributed by atoms with Gasteiger partial charge in [-0.15, -0.1) is 0 Å². The van der Waals surface area contributed by atoms with Crippen LogP contribution in [0.3, 0.4) is 0 Å². The molecule has 2 aromatic carbocycles. The molecule has 0 aliphatic heterocycles. The minimum Gasteiger partial charge on any atom is -0.496 e. The molecule has 2 rings (SSSR count). The van der Waals surface area contributed by atoms with Gasteiger partial charge in [0.1, 0.15) is 5.75 Å². The van der Waals surface area contributed by atoms with Crippen LogP contribution >= 0.6 is 11.8 Å². The van der Waals surface area contributed by atoms with Gasteiger partial charge in [0.05, 0.1) is 17.6 Å². The lowest BCUT2D eigenvalue weighted by Gasteiger charge is -2.10. The van der Waals surface area contributed by atoms with E-state index in [1.165, 1.54) is 11.8 Å². The molecule has 0 atom stereocenters. The SMILES string of the molecule is COc1ccccc1Sc1cc(C)ccc1C(=O)O. The third-order valence-electron chi connectivity index (χ3n) is 2.66. The standard InChI is InChI=1S/C15H14O3S/c1-10-7-8-11(15(16)17)14(9-10)19-13-6-4-3-5-12(13)18-2/h3-9H,1-2H3,(H,16,17). The van der Waals surface area contributed by atoms with Crippen molar-refractivity contribution in [1.82, 2.24) is 0 Å². The number of carboxylic acids is 1. The molecule has 3 nitrogen and oxygen atoms in total. The third kappa shape index (κ3) is 3.09. The summed E-state index contributed by atoms with van der Waals surface area (Å²) in [5, 5.41) is 9.22. The van der Waals surface area contributed by atoms with Crippen LogP contribution in [0.2, 0.25) is 0 Å². The van der Waals surface area contributed by atoms with E-state index in [1.54, 1.807) is 19.2 Å². The summed E-state index contributed by atoms with van der Waals surface area (Å²) in [5.41, 5.74) is 1.34. The van der Waals surface area contributed by atoms with Gasteiger partial charge in [0.2, 0.25) is 0 Å². The molecule has 19 heavy (non-hydrogen) atoms. The molecule has 98 valence electrons. The zero-order chi connectivity index (χ0) is 13.8. The Morgan fingerprint density at radius 3 is 2.58 bits per heavy atom. The maximum Gasteiger partial charge on any atom is 0.336 e. The number of carbonyl (C=O) groups is 1. The van der Waals surface area contributed by atoms with Crippen molar-refractivity contribution in [2.75, 3.05) is 7.11 Å². The van der Waals surface area contributed by atoms with Gasteiger partial charge in [0.15, 0.2) is 0 Å². The highest BCUT2D eigenvalue weighted by Gasteiger charge is 2.13. The van der Waals surface area contributed by atoms with Crippen molar-refractivity contribution in [3.05, 3.63) is 53.6 Å². The van der Waals surface area contributed by atoms with E-state index < -0.39 is 5.97 Å². The van der Waals surface area contributed by atoms with Crippen LogP contribution in [0.25, 0.3) is 0 Å². The number of para-hydroxylation sites is 1. The van der Waals surface area contributed by atoms with Crippen LogP contribution < -0.4 is 4.74 Å². The summed E-state index contributed by atoms with van der Waals surface area (Å²) in [5.74, 6) is -0.178. The molecule has 0 bridgehead atoms. The van der Waals surface area contributed by atoms with Crippen LogP contribution in [0, 0.1) is 6.92 Å². The number of carboxylic acid groups (broad SMARTS) is 1. The largest absolute Gasteiger partial charge is 0.496 e. The fraction of sp³-hybridized carbons (Fsp3) is 0.133. The molecule has 1 N–H and O–H groups in total. The first-order valence-corrected chi connectivity index (χ1v) is 6.58. The second kappa shape index (κ2) is 5.80. The first-order valence-electron chi connectivity index (χ1n) is 5.76. The minimum absolute atomic E-state index is 0.307. The predicted molar refractivity (Wildman–Crippen MR) is 75.3 cm³/mol. The topological polar surface area (TPSA) is 46.5 Å². The van der Waals surface area contributed by atoms with Gasteiger partial charge in [-0.05, 0) is 36.8 Å². The summed E-state index contributed by atoms with van der Waals surface area (Å²) in [4.78, 5) is 12.9. The normalized spacial score (nSPS) is 10.2. The highest BCUT2D eigenvalue weighted by Crippen LogP contribution is 2.36. The molecule has 0 heterocycles. The van der Waals surface area contributed by atoms with E-state index >= 15 is 0 Å². The molecule has 0 amide bonds. The average molecular weight is 274 g/mol. The zero-order valence-electron chi connectivity index (χ0n) is 10.7. The highest BCUT2D eigenvalue weighted by atomic mass is 32.2. The van der Waals surface area contributed by atoms with Crippen LogP contribution in [0.15, 0.2) is 52.3 Å². The molecule has 4 heteroatoms. The van der Waals surface area contributed by atoms with Gasteiger partial charge < -0.3 is 9.84 Å². The second-order valence-electron chi connectivity index (χ2n) is 4.06. The van der Waals surface area contributed by atoms with Gasteiger partial charge in [-0.3, -0.25) is 0 Å². The van der Waals surface area contributed by atoms with Gasteiger partial charge in [-0.1, -0.05) is 30.0 Å². The summed E-state index contributed by atoms with van der Waals surface area (Å²) >= 11 is 1.40. The lowest BCUT2D eigenvalue weighted by molar-refractivity contribution is 0.0693. The summed E-state index contributed by atoms with van der Waals surface area (Å²) in [6.07, 6.45) is 0. The van der Waals surface area contributed by atoms with E-state index in [1.807, 2.05) is 37.3 Å². The van der Waals surface area contributed by atoms with Gasteiger partial charge in [0, 0.05) is 4.90 Å². The Balaban J connectivity index is 2.42. The Bertz CT molecular complexity index is 608. The average Bonchev–Trinajstić information content (AvgIpc) is 2.39. The van der Waals surface area contributed by atoms with Crippen LogP contribution in [-0.4, -0.2) is 18.2 Å². The Hall–Kier alpha value is -1.94. The third-order valence-corrected chi connectivity index (χ3v) is 3.77. The first-order chi connectivity index (χ1) is 9.11. The molecule has 0 spiro atoms. The van der Waals surface area contributed by atoms with Gasteiger partial charge in [0.25, 0.3) is 0 Å². The van der Waals surface area contributed by atoms with Crippen molar-refractivity contribution >= 4 is 17.7 Å². The maximum atomic E-state index is 11.2. The number of hydrogen-bond donors (Lipinski definition) is 1. The maximum absolute atomic E-state index is 11.2. The minimum atomic E-state index is -0.919. The van der Waals surface area contributed by atoms with E-state index in [0.29, 0.717) is 5.56 Å². The van der Waals surface area contributed by atoms with Crippen molar-refractivity contribution < 1.29 is 14.6 Å². The number of ether oxygens (including phenoxy) is 1. The quantitative estimate of drug-likeness (QED) is 0.919. The van der Waals surface area contributed by atoms with Crippen LogP contribution in [0.5, 0.6) is 5.75 Å². The molecule has 0 radical (unpaired) electrons. The summed E-state index contributed by atoms with van der Waals surface area (Å²) in [6.45, 7) is 1.94. The fourth-order valence-electron chi connectivity index (χ4n) is 1.71. The molecular formula is C15H14O3S.